The fraction of sp³-hybridized carbons (Fsp3) is 0.250. The quantitative estimate of drug-likeness (QED) is 0.801. The van der Waals surface area contributed by atoms with Crippen molar-refractivity contribution in [3.05, 3.63) is 58.1 Å². The van der Waals surface area contributed by atoms with Crippen molar-refractivity contribution in [2.75, 3.05) is 7.11 Å². The molecule has 2 aromatic carbocycles. The predicted octanol–water partition coefficient (Wildman–Crippen LogP) is 4.60. The van der Waals surface area contributed by atoms with Crippen molar-refractivity contribution in [1.29, 1.82) is 0 Å². The van der Waals surface area contributed by atoms with Crippen molar-refractivity contribution in [3.63, 3.8) is 0 Å². The lowest BCUT2D eigenvalue weighted by molar-refractivity contribution is 0.296. The van der Waals surface area contributed by atoms with Gasteiger partial charge in [-0.05, 0) is 42.3 Å². The summed E-state index contributed by atoms with van der Waals surface area (Å²) >= 11 is 3.46. The molecule has 100 valence electrons. The number of hydrogen-bond donors (Lipinski definition) is 0. The van der Waals surface area contributed by atoms with Crippen LogP contribution in [0.4, 0.5) is 0 Å². The summed E-state index contributed by atoms with van der Waals surface area (Å²) in [5.74, 6) is 1.73. The Kier molecular flexibility index (Phi) is 4.86. The third kappa shape index (κ3) is 3.74. The first-order valence-electron chi connectivity index (χ1n) is 6.27. The second-order valence-electron chi connectivity index (χ2n) is 4.25. The van der Waals surface area contributed by atoms with Crippen LogP contribution >= 0.6 is 15.9 Å². The molecule has 0 N–H and O–H groups in total. The Hall–Kier alpha value is -1.48. The first-order chi connectivity index (χ1) is 9.22. The van der Waals surface area contributed by atoms with E-state index in [0.29, 0.717) is 6.61 Å². The van der Waals surface area contributed by atoms with Gasteiger partial charge in [-0.2, -0.15) is 0 Å². The lowest BCUT2D eigenvalue weighted by Gasteiger charge is -2.11. The molecule has 19 heavy (non-hydrogen) atoms. The lowest BCUT2D eigenvalue weighted by atomic mass is 10.1. The molecule has 0 aromatic heterocycles. The van der Waals surface area contributed by atoms with Crippen LogP contribution in [-0.4, -0.2) is 7.11 Å². The minimum absolute atomic E-state index is 0.496. The van der Waals surface area contributed by atoms with Crippen LogP contribution < -0.4 is 9.47 Å². The van der Waals surface area contributed by atoms with Crippen molar-refractivity contribution in [3.8, 4) is 11.5 Å². The van der Waals surface area contributed by atoms with Gasteiger partial charge >= 0.3 is 0 Å². The normalized spacial score (nSPS) is 10.3. The van der Waals surface area contributed by atoms with Crippen LogP contribution in [0.15, 0.2) is 46.9 Å². The molecular formula is C16H17BrO2. The smallest absolute Gasteiger partial charge is 0.125 e. The van der Waals surface area contributed by atoms with Crippen molar-refractivity contribution >= 4 is 15.9 Å². The van der Waals surface area contributed by atoms with E-state index in [9.17, 15) is 0 Å². The summed E-state index contributed by atoms with van der Waals surface area (Å²) in [5.41, 5.74) is 2.30. The van der Waals surface area contributed by atoms with E-state index in [-0.39, 0.29) is 0 Å². The van der Waals surface area contributed by atoms with Gasteiger partial charge in [0.1, 0.15) is 18.1 Å². The van der Waals surface area contributed by atoms with Gasteiger partial charge in [-0.3, -0.25) is 0 Å². The maximum atomic E-state index is 5.83. The maximum Gasteiger partial charge on any atom is 0.125 e. The number of aryl methyl sites for hydroxylation is 1. The molecule has 0 unspecified atom stereocenters. The second-order valence-corrected chi connectivity index (χ2v) is 5.16. The highest BCUT2D eigenvalue weighted by atomic mass is 79.9. The number of ether oxygens (including phenoxy) is 2. The Morgan fingerprint density at radius 2 is 1.95 bits per heavy atom. The molecule has 0 saturated carbocycles. The summed E-state index contributed by atoms with van der Waals surface area (Å²) in [5, 5.41) is 0. The SMILES string of the molecule is CCc1cccc(OCc2cc(Br)ccc2OC)c1. The molecule has 0 amide bonds. The summed E-state index contributed by atoms with van der Waals surface area (Å²) in [7, 11) is 1.67. The van der Waals surface area contributed by atoms with Crippen LogP contribution in [0.1, 0.15) is 18.1 Å². The van der Waals surface area contributed by atoms with Gasteiger partial charge in [0.25, 0.3) is 0 Å². The van der Waals surface area contributed by atoms with E-state index in [4.69, 9.17) is 9.47 Å². The number of methoxy groups -OCH3 is 1. The molecule has 0 atom stereocenters. The van der Waals surface area contributed by atoms with E-state index < -0.39 is 0 Å². The molecular weight excluding hydrogens is 304 g/mol. The van der Waals surface area contributed by atoms with Gasteiger partial charge in [-0.25, -0.2) is 0 Å². The number of halogens is 1. The predicted molar refractivity (Wildman–Crippen MR) is 80.8 cm³/mol. The molecule has 0 aliphatic carbocycles. The highest BCUT2D eigenvalue weighted by Gasteiger charge is 2.05. The molecule has 0 aliphatic rings. The molecule has 0 fully saturated rings. The second kappa shape index (κ2) is 6.62. The largest absolute Gasteiger partial charge is 0.496 e. The van der Waals surface area contributed by atoms with Crippen molar-refractivity contribution < 1.29 is 9.47 Å². The molecule has 2 aromatic rings. The molecule has 0 spiro atoms. The fourth-order valence-corrected chi connectivity index (χ4v) is 2.28. The summed E-state index contributed by atoms with van der Waals surface area (Å²) in [6.45, 7) is 2.63. The molecule has 0 aliphatic heterocycles. The lowest BCUT2D eigenvalue weighted by Crippen LogP contribution is -1.99. The van der Waals surface area contributed by atoms with E-state index >= 15 is 0 Å². The first-order valence-corrected chi connectivity index (χ1v) is 7.06. The number of rotatable bonds is 5. The minimum Gasteiger partial charge on any atom is -0.496 e. The molecule has 0 bridgehead atoms. The van der Waals surface area contributed by atoms with Gasteiger partial charge in [0.2, 0.25) is 0 Å². The molecule has 0 saturated heterocycles. The van der Waals surface area contributed by atoms with E-state index in [1.54, 1.807) is 7.11 Å². The first kappa shape index (κ1) is 13.9. The Morgan fingerprint density at radius 1 is 1.11 bits per heavy atom. The average molecular weight is 321 g/mol. The zero-order valence-electron chi connectivity index (χ0n) is 11.2. The van der Waals surface area contributed by atoms with Crippen molar-refractivity contribution in [2.24, 2.45) is 0 Å². The summed E-state index contributed by atoms with van der Waals surface area (Å²) in [4.78, 5) is 0. The average Bonchev–Trinajstić information content (AvgIpc) is 2.45. The van der Waals surface area contributed by atoms with Gasteiger partial charge < -0.3 is 9.47 Å². The third-order valence-electron chi connectivity index (χ3n) is 2.94. The van der Waals surface area contributed by atoms with Gasteiger partial charge in [-0.1, -0.05) is 35.0 Å². The Bertz CT molecular complexity index is 552. The van der Waals surface area contributed by atoms with Crippen LogP contribution in [-0.2, 0) is 13.0 Å². The molecule has 2 rings (SSSR count). The number of hydrogen-bond acceptors (Lipinski definition) is 2. The highest BCUT2D eigenvalue weighted by Crippen LogP contribution is 2.24. The van der Waals surface area contributed by atoms with Crippen molar-refractivity contribution in [2.45, 2.75) is 20.0 Å². The molecule has 0 radical (unpaired) electrons. The fourth-order valence-electron chi connectivity index (χ4n) is 1.88. The Balaban J connectivity index is 2.11. The van der Waals surface area contributed by atoms with Gasteiger partial charge in [0.15, 0.2) is 0 Å². The molecule has 0 heterocycles. The monoisotopic (exact) mass is 320 g/mol. The third-order valence-corrected chi connectivity index (χ3v) is 3.44. The van der Waals surface area contributed by atoms with Crippen LogP contribution in [0.25, 0.3) is 0 Å². The standard InChI is InChI=1S/C16H17BrO2/c1-3-12-5-4-6-15(9-12)19-11-13-10-14(17)7-8-16(13)18-2/h4-10H,3,11H2,1-2H3. The van der Waals surface area contributed by atoms with Gasteiger partial charge in [0, 0.05) is 10.0 Å². The van der Waals surface area contributed by atoms with Crippen molar-refractivity contribution in [1.82, 2.24) is 0 Å². The summed E-state index contributed by atoms with van der Waals surface area (Å²) in [6, 6.07) is 14.1. The Labute approximate surface area is 122 Å². The summed E-state index contributed by atoms with van der Waals surface area (Å²) < 4.78 is 12.2. The molecule has 3 heteroatoms. The van der Waals surface area contributed by atoms with E-state index in [1.807, 2.05) is 30.3 Å². The van der Waals surface area contributed by atoms with E-state index in [2.05, 4.69) is 35.0 Å². The topological polar surface area (TPSA) is 18.5 Å². The van der Waals surface area contributed by atoms with Crippen LogP contribution in [0.2, 0.25) is 0 Å². The molecule has 2 nitrogen and oxygen atoms in total. The van der Waals surface area contributed by atoms with Crippen LogP contribution in [0.3, 0.4) is 0 Å². The Morgan fingerprint density at radius 3 is 2.68 bits per heavy atom. The van der Waals surface area contributed by atoms with Gasteiger partial charge in [0.05, 0.1) is 7.11 Å². The minimum atomic E-state index is 0.496. The zero-order valence-corrected chi connectivity index (χ0v) is 12.7. The van der Waals surface area contributed by atoms with Crippen LogP contribution in [0, 0.1) is 0 Å². The highest BCUT2D eigenvalue weighted by molar-refractivity contribution is 9.10. The van der Waals surface area contributed by atoms with Crippen LogP contribution in [0.5, 0.6) is 11.5 Å². The van der Waals surface area contributed by atoms with E-state index in [0.717, 1.165) is 28.0 Å². The van der Waals surface area contributed by atoms with E-state index in [1.165, 1.54) is 5.56 Å². The summed E-state index contributed by atoms with van der Waals surface area (Å²) in [6.07, 6.45) is 1.01. The zero-order chi connectivity index (χ0) is 13.7. The van der Waals surface area contributed by atoms with Gasteiger partial charge in [-0.15, -0.1) is 0 Å². The maximum absolute atomic E-state index is 5.83. The number of benzene rings is 2.